The fourth-order valence-electron chi connectivity index (χ4n) is 2.01. The molecular weight excluding hydrogens is 326 g/mol. The minimum Gasteiger partial charge on any atom is -0.376 e. The van der Waals surface area contributed by atoms with E-state index in [1.807, 2.05) is 0 Å². The third-order valence-corrected chi connectivity index (χ3v) is 3.23. The minimum absolute atomic E-state index is 0.0843. The number of halogens is 4. The van der Waals surface area contributed by atoms with Crippen molar-refractivity contribution in [2.24, 2.45) is 0 Å². The average molecular weight is 343 g/mol. The van der Waals surface area contributed by atoms with Gasteiger partial charge in [0.25, 0.3) is 5.56 Å². The molecule has 0 aliphatic carbocycles. The van der Waals surface area contributed by atoms with Gasteiger partial charge in [-0.1, -0.05) is 12.1 Å². The van der Waals surface area contributed by atoms with Crippen LogP contribution in [0.4, 0.5) is 23.2 Å². The molecule has 2 aromatic rings. The molecule has 0 atom stereocenters. The second kappa shape index (κ2) is 6.26. The lowest BCUT2D eigenvalue weighted by atomic mass is 10.1. The fraction of sp³-hybridized carbons (Fsp3) is 0.375. The highest BCUT2D eigenvalue weighted by molar-refractivity contribution is 5.43. The van der Waals surface area contributed by atoms with E-state index in [4.69, 9.17) is 0 Å². The predicted octanol–water partition coefficient (Wildman–Crippen LogP) is 3.77. The van der Waals surface area contributed by atoms with Crippen LogP contribution >= 0.6 is 0 Å². The van der Waals surface area contributed by atoms with E-state index in [1.165, 1.54) is 24.3 Å². The maximum Gasteiger partial charge on any atom is 0.435 e. The van der Waals surface area contributed by atoms with Crippen LogP contribution in [0.2, 0.25) is 0 Å². The quantitative estimate of drug-likeness (QED) is 0.863. The monoisotopic (exact) mass is 343 g/mol. The van der Waals surface area contributed by atoms with Crippen LogP contribution in [0.5, 0.6) is 0 Å². The number of nitrogens with one attached hydrogen (secondary N) is 1. The van der Waals surface area contributed by atoms with E-state index in [1.54, 1.807) is 20.8 Å². The third-order valence-electron chi connectivity index (χ3n) is 3.23. The molecule has 0 radical (unpaired) electrons. The van der Waals surface area contributed by atoms with Gasteiger partial charge in [0.15, 0.2) is 5.69 Å². The van der Waals surface area contributed by atoms with E-state index in [0.29, 0.717) is 11.6 Å². The molecule has 24 heavy (non-hydrogen) atoms. The molecule has 2 rings (SSSR count). The standard InChI is InChI=1S/C16H17F4N3O/c1-15(2,3)23-14(24)12(8-13(22-23)16(18,19)20)21-9-10-4-6-11(17)7-5-10/h4-8,21H,9H2,1-3H3. The molecule has 1 aromatic heterocycles. The summed E-state index contributed by atoms with van der Waals surface area (Å²) in [7, 11) is 0. The normalized spacial score (nSPS) is 12.3. The van der Waals surface area contributed by atoms with Crippen molar-refractivity contribution in [2.45, 2.75) is 39.0 Å². The molecule has 0 aliphatic heterocycles. The molecule has 0 unspecified atom stereocenters. The van der Waals surface area contributed by atoms with E-state index >= 15 is 0 Å². The molecule has 0 saturated heterocycles. The topological polar surface area (TPSA) is 46.9 Å². The first-order valence-corrected chi connectivity index (χ1v) is 7.19. The molecule has 130 valence electrons. The molecule has 8 heteroatoms. The largest absolute Gasteiger partial charge is 0.435 e. The minimum atomic E-state index is -4.67. The molecule has 0 fully saturated rings. The Morgan fingerprint density at radius 3 is 2.21 bits per heavy atom. The van der Waals surface area contributed by atoms with Crippen LogP contribution in [0.25, 0.3) is 0 Å². The summed E-state index contributed by atoms with van der Waals surface area (Å²) in [6, 6.07) is 6.12. The number of alkyl halides is 3. The summed E-state index contributed by atoms with van der Waals surface area (Å²) >= 11 is 0. The Morgan fingerprint density at radius 1 is 1.12 bits per heavy atom. The van der Waals surface area contributed by atoms with Gasteiger partial charge >= 0.3 is 6.18 Å². The van der Waals surface area contributed by atoms with Crippen molar-refractivity contribution >= 4 is 5.69 Å². The summed E-state index contributed by atoms with van der Waals surface area (Å²) in [5.41, 5.74) is -2.30. The lowest BCUT2D eigenvalue weighted by Crippen LogP contribution is -2.38. The van der Waals surface area contributed by atoms with Gasteiger partial charge in [-0.05, 0) is 44.5 Å². The first kappa shape index (κ1) is 18.0. The highest BCUT2D eigenvalue weighted by Crippen LogP contribution is 2.28. The molecule has 0 bridgehead atoms. The van der Waals surface area contributed by atoms with E-state index in [-0.39, 0.29) is 12.2 Å². The zero-order valence-electron chi connectivity index (χ0n) is 13.4. The summed E-state index contributed by atoms with van der Waals surface area (Å²) in [6.07, 6.45) is -4.67. The smallest absolute Gasteiger partial charge is 0.376 e. The molecule has 1 N–H and O–H groups in total. The molecular formula is C16H17F4N3O. The van der Waals surface area contributed by atoms with Crippen molar-refractivity contribution in [1.29, 1.82) is 0 Å². The van der Waals surface area contributed by atoms with Gasteiger partial charge in [-0.25, -0.2) is 9.07 Å². The zero-order chi connectivity index (χ0) is 18.1. The third kappa shape index (κ3) is 4.12. The zero-order valence-corrected chi connectivity index (χ0v) is 13.4. The van der Waals surface area contributed by atoms with Crippen LogP contribution in [-0.4, -0.2) is 9.78 Å². The second-order valence-corrected chi connectivity index (χ2v) is 6.31. The summed E-state index contributed by atoms with van der Waals surface area (Å²) in [5.74, 6) is -0.419. The number of nitrogens with zero attached hydrogens (tertiary/aromatic N) is 2. The number of aromatic nitrogens is 2. The van der Waals surface area contributed by atoms with Gasteiger partial charge in [-0.3, -0.25) is 4.79 Å². The molecule has 1 aromatic carbocycles. The van der Waals surface area contributed by atoms with Crippen molar-refractivity contribution in [3.8, 4) is 0 Å². The van der Waals surface area contributed by atoms with E-state index < -0.39 is 28.8 Å². The van der Waals surface area contributed by atoms with Crippen LogP contribution < -0.4 is 10.9 Å². The van der Waals surface area contributed by atoms with Crippen molar-refractivity contribution in [1.82, 2.24) is 9.78 Å². The summed E-state index contributed by atoms with van der Waals surface area (Å²) in [5, 5.41) is 6.11. The fourth-order valence-corrected chi connectivity index (χ4v) is 2.01. The van der Waals surface area contributed by atoms with Gasteiger partial charge in [0, 0.05) is 6.54 Å². The number of rotatable bonds is 3. The van der Waals surface area contributed by atoms with Crippen LogP contribution in [0.3, 0.4) is 0 Å². The Hall–Kier alpha value is -2.38. The lowest BCUT2D eigenvalue weighted by molar-refractivity contribution is -0.142. The van der Waals surface area contributed by atoms with Gasteiger partial charge in [-0.15, -0.1) is 0 Å². The Morgan fingerprint density at radius 2 is 1.71 bits per heavy atom. The van der Waals surface area contributed by atoms with Gasteiger partial charge < -0.3 is 5.32 Å². The summed E-state index contributed by atoms with van der Waals surface area (Å²) in [6.45, 7) is 4.85. The molecule has 4 nitrogen and oxygen atoms in total. The molecule has 0 amide bonds. The Bertz CT molecular complexity index is 774. The van der Waals surface area contributed by atoms with Crippen molar-refractivity contribution < 1.29 is 17.6 Å². The highest BCUT2D eigenvalue weighted by atomic mass is 19.4. The van der Waals surface area contributed by atoms with Gasteiger partial charge in [0.2, 0.25) is 0 Å². The number of benzene rings is 1. The lowest BCUT2D eigenvalue weighted by Gasteiger charge is -2.23. The first-order valence-electron chi connectivity index (χ1n) is 7.19. The number of anilines is 1. The van der Waals surface area contributed by atoms with Crippen molar-refractivity contribution in [3.05, 3.63) is 57.8 Å². The Kier molecular flexibility index (Phi) is 4.68. The van der Waals surface area contributed by atoms with Crippen LogP contribution in [0, 0.1) is 5.82 Å². The van der Waals surface area contributed by atoms with Crippen LogP contribution in [0.15, 0.2) is 35.1 Å². The van der Waals surface area contributed by atoms with Crippen LogP contribution in [-0.2, 0) is 18.3 Å². The number of hydrogen-bond donors (Lipinski definition) is 1. The summed E-state index contributed by atoms with van der Waals surface area (Å²) < 4.78 is 52.8. The van der Waals surface area contributed by atoms with E-state index in [9.17, 15) is 22.4 Å². The SMILES string of the molecule is CC(C)(C)n1nc(C(F)(F)F)cc(NCc2ccc(F)cc2)c1=O. The van der Waals surface area contributed by atoms with Crippen molar-refractivity contribution in [2.75, 3.05) is 5.32 Å². The average Bonchev–Trinajstić information content (AvgIpc) is 2.45. The number of hydrogen-bond acceptors (Lipinski definition) is 3. The van der Waals surface area contributed by atoms with Gasteiger partial charge in [0.05, 0.1) is 5.54 Å². The predicted molar refractivity (Wildman–Crippen MR) is 82.2 cm³/mol. The molecule has 0 spiro atoms. The Balaban J connectivity index is 2.41. The van der Waals surface area contributed by atoms with E-state index in [2.05, 4.69) is 10.4 Å². The molecule has 0 saturated carbocycles. The Labute approximate surface area is 136 Å². The van der Waals surface area contributed by atoms with Crippen molar-refractivity contribution in [3.63, 3.8) is 0 Å². The van der Waals surface area contributed by atoms with E-state index in [0.717, 1.165) is 4.68 Å². The second-order valence-electron chi connectivity index (χ2n) is 6.31. The van der Waals surface area contributed by atoms with Gasteiger partial charge in [0.1, 0.15) is 11.5 Å². The first-order chi connectivity index (χ1) is 11.0. The molecule has 1 heterocycles. The van der Waals surface area contributed by atoms with Crippen LogP contribution in [0.1, 0.15) is 32.0 Å². The van der Waals surface area contributed by atoms with Gasteiger partial charge in [-0.2, -0.15) is 18.3 Å². The molecule has 0 aliphatic rings. The summed E-state index contributed by atoms with van der Waals surface area (Å²) in [4.78, 5) is 12.4. The maximum atomic E-state index is 13.0. The maximum absolute atomic E-state index is 13.0. The highest BCUT2D eigenvalue weighted by Gasteiger charge is 2.35.